The van der Waals surface area contributed by atoms with Gasteiger partial charge in [-0.1, -0.05) is 16.8 Å². The molecular formula is C18H15ClN8O3S. The Labute approximate surface area is 184 Å². The Morgan fingerprint density at radius 3 is 2.77 bits per heavy atom. The van der Waals surface area contributed by atoms with Gasteiger partial charge in [0.1, 0.15) is 11.5 Å². The first kappa shape index (κ1) is 20.6. The fourth-order valence-corrected chi connectivity index (χ4v) is 3.55. The van der Waals surface area contributed by atoms with Crippen molar-refractivity contribution in [2.75, 3.05) is 5.73 Å². The zero-order valence-electron chi connectivity index (χ0n) is 16.0. The second-order valence-electron chi connectivity index (χ2n) is 6.16. The number of nitrogens with one attached hydrogen (secondary N) is 1. The first-order valence-corrected chi connectivity index (χ1v) is 10.2. The average molecular weight is 459 g/mol. The number of rotatable bonds is 7. The number of hydrogen-bond donors (Lipinski definition) is 2. The summed E-state index contributed by atoms with van der Waals surface area (Å²) in [7, 11) is 0. The van der Waals surface area contributed by atoms with Gasteiger partial charge in [-0.15, -0.1) is 16.9 Å². The third kappa shape index (κ3) is 4.75. The number of hydrogen-bond acceptors (Lipinski definition) is 10. The highest BCUT2D eigenvalue weighted by atomic mass is 35.5. The van der Waals surface area contributed by atoms with Crippen molar-refractivity contribution in [3.63, 3.8) is 0 Å². The summed E-state index contributed by atoms with van der Waals surface area (Å²) in [5.74, 6) is 1.14. The molecule has 3 aromatic heterocycles. The predicted molar refractivity (Wildman–Crippen MR) is 113 cm³/mol. The van der Waals surface area contributed by atoms with Gasteiger partial charge < -0.3 is 10.2 Å². The zero-order valence-corrected chi connectivity index (χ0v) is 17.6. The van der Waals surface area contributed by atoms with E-state index in [9.17, 15) is 4.79 Å². The smallest absolute Gasteiger partial charge is 0.293 e. The van der Waals surface area contributed by atoms with E-state index in [4.69, 9.17) is 21.8 Å². The van der Waals surface area contributed by atoms with E-state index in [1.165, 1.54) is 22.7 Å². The van der Waals surface area contributed by atoms with Crippen LogP contribution in [0.1, 0.15) is 27.7 Å². The summed E-state index contributed by atoms with van der Waals surface area (Å²) in [6, 6.07) is 10.8. The largest absolute Gasteiger partial charge is 0.460 e. The molecule has 1 amide bonds. The number of halogens is 1. The minimum absolute atomic E-state index is 0.0146. The van der Waals surface area contributed by atoms with Gasteiger partial charge in [-0.05, 0) is 53.6 Å². The molecule has 158 valence electrons. The van der Waals surface area contributed by atoms with E-state index in [-0.39, 0.29) is 17.3 Å². The number of amides is 1. The molecule has 0 aliphatic heterocycles. The molecule has 3 N–H and O–H groups in total. The monoisotopic (exact) mass is 458 g/mol. The number of carbonyl (C=O) groups is 1. The number of thioether (sulfide) groups is 1. The van der Waals surface area contributed by atoms with E-state index in [1.807, 2.05) is 19.1 Å². The summed E-state index contributed by atoms with van der Waals surface area (Å²) < 4.78 is 11.3. The molecule has 4 aromatic rings. The van der Waals surface area contributed by atoms with Crippen LogP contribution in [0, 0.1) is 6.92 Å². The van der Waals surface area contributed by atoms with Crippen LogP contribution in [0.4, 0.5) is 5.82 Å². The predicted octanol–water partition coefficient (Wildman–Crippen LogP) is 2.84. The number of nitrogen functional groups attached to an aromatic ring is 1. The molecule has 11 nitrogen and oxygen atoms in total. The normalized spacial score (nSPS) is 11.3. The van der Waals surface area contributed by atoms with Gasteiger partial charge in [-0.25, -0.2) is 10.1 Å². The Hall–Kier alpha value is -3.64. The van der Waals surface area contributed by atoms with Gasteiger partial charge >= 0.3 is 0 Å². The van der Waals surface area contributed by atoms with Crippen LogP contribution in [0.25, 0.3) is 5.82 Å². The molecule has 4 rings (SSSR count). The zero-order chi connectivity index (χ0) is 21.8. The highest BCUT2D eigenvalue weighted by molar-refractivity contribution is 7.98. The van der Waals surface area contributed by atoms with Gasteiger partial charge in [0, 0.05) is 15.7 Å². The Bertz CT molecular complexity index is 1230. The van der Waals surface area contributed by atoms with Gasteiger partial charge in [0.2, 0.25) is 11.6 Å². The summed E-state index contributed by atoms with van der Waals surface area (Å²) in [5.41, 5.74) is 8.69. The number of benzene rings is 1. The van der Waals surface area contributed by atoms with E-state index in [0.29, 0.717) is 22.2 Å². The molecule has 3 heterocycles. The van der Waals surface area contributed by atoms with Crippen molar-refractivity contribution in [3.8, 4) is 5.82 Å². The summed E-state index contributed by atoms with van der Waals surface area (Å²) >= 11 is 7.38. The lowest BCUT2D eigenvalue weighted by molar-refractivity contribution is 0.0949. The van der Waals surface area contributed by atoms with E-state index in [0.717, 1.165) is 10.7 Å². The number of furan rings is 1. The van der Waals surface area contributed by atoms with Crippen LogP contribution >= 0.6 is 23.4 Å². The average Bonchev–Trinajstić information content (AvgIpc) is 3.47. The summed E-state index contributed by atoms with van der Waals surface area (Å²) in [6.07, 6.45) is 1.39. The van der Waals surface area contributed by atoms with Crippen LogP contribution in [0.5, 0.6) is 0 Å². The Kier molecular flexibility index (Phi) is 6.00. The van der Waals surface area contributed by atoms with Crippen LogP contribution in [0.3, 0.4) is 0 Å². The summed E-state index contributed by atoms with van der Waals surface area (Å²) in [4.78, 5) is 13.6. The van der Waals surface area contributed by atoms with Gasteiger partial charge in [0.05, 0.1) is 11.9 Å². The topological polar surface area (TPSA) is 150 Å². The van der Waals surface area contributed by atoms with E-state index < -0.39 is 5.91 Å². The van der Waals surface area contributed by atoms with Gasteiger partial charge in [0.25, 0.3) is 5.91 Å². The fourth-order valence-electron chi connectivity index (χ4n) is 2.53. The van der Waals surface area contributed by atoms with Crippen LogP contribution in [-0.4, -0.2) is 37.4 Å². The molecule has 1 aromatic carbocycles. The quantitative estimate of drug-likeness (QED) is 0.242. The molecule has 0 spiro atoms. The van der Waals surface area contributed by atoms with Crippen molar-refractivity contribution in [1.82, 2.24) is 30.7 Å². The van der Waals surface area contributed by atoms with Crippen molar-refractivity contribution >= 4 is 41.3 Å². The van der Waals surface area contributed by atoms with Crippen LogP contribution in [0.15, 0.2) is 55.4 Å². The highest BCUT2D eigenvalue weighted by Crippen LogP contribution is 2.27. The molecule has 13 heteroatoms. The van der Waals surface area contributed by atoms with Crippen molar-refractivity contribution in [1.29, 1.82) is 0 Å². The molecular weight excluding hydrogens is 444 g/mol. The highest BCUT2D eigenvalue weighted by Gasteiger charge is 2.24. The summed E-state index contributed by atoms with van der Waals surface area (Å²) in [6.45, 7) is 1.81. The number of nitrogens with zero attached hydrogens (tertiary/aromatic N) is 6. The van der Waals surface area contributed by atoms with Crippen molar-refractivity contribution in [2.45, 2.75) is 17.6 Å². The Morgan fingerprint density at radius 2 is 2.10 bits per heavy atom. The Morgan fingerprint density at radius 1 is 1.29 bits per heavy atom. The van der Waals surface area contributed by atoms with Gasteiger partial charge in [0.15, 0.2) is 5.69 Å². The van der Waals surface area contributed by atoms with Gasteiger partial charge in [-0.2, -0.15) is 9.78 Å². The summed E-state index contributed by atoms with van der Waals surface area (Å²) in [5, 5.41) is 19.8. The van der Waals surface area contributed by atoms with Crippen molar-refractivity contribution in [2.24, 2.45) is 5.10 Å². The number of hydrazone groups is 1. The number of anilines is 1. The molecule has 0 atom stereocenters. The maximum Gasteiger partial charge on any atom is 0.293 e. The first-order valence-electron chi connectivity index (χ1n) is 8.82. The van der Waals surface area contributed by atoms with E-state index >= 15 is 0 Å². The third-order valence-corrected chi connectivity index (χ3v) is 5.26. The first-order chi connectivity index (χ1) is 15.0. The SMILES string of the molecule is Cc1ccc(C=NNC(=O)c2nnn(-c3nonc3N)c2CSc2ccc(Cl)cc2)o1. The maximum absolute atomic E-state index is 12.7. The standard InChI is InChI=1S/C18H15ClN8O3S/c1-10-2-5-12(29-10)8-21-23-18(28)15-14(9-31-13-6-3-11(19)4-7-13)27(26-22-15)17-16(20)24-30-25-17/h2-8H,9H2,1H3,(H2,20,24)(H,23,28). The number of aromatic nitrogens is 5. The lowest BCUT2D eigenvalue weighted by Crippen LogP contribution is -2.20. The molecule has 0 unspecified atom stereocenters. The molecule has 0 saturated carbocycles. The lowest BCUT2D eigenvalue weighted by Gasteiger charge is -2.06. The molecule has 0 fully saturated rings. The second kappa shape index (κ2) is 9.02. The molecule has 0 aliphatic carbocycles. The fraction of sp³-hybridized carbons (Fsp3) is 0.111. The minimum atomic E-state index is -0.562. The molecule has 0 aliphatic rings. The number of aryl methyl sites for hydroxylation is 1. The number of carbonyl (C=O) groups excluding carboxylic acids is 1. The number of nitrogens with two attached hydrogens (primary N) is 1. The van der Waals surface area contributed by atoms with Crippen molar-refractivity contribution in [3.05, 3.63) is 64.3 Å². The van der Waals surface area contributed by atoms with Crippen LogP contribution < -0.4 is 11.2 Å². The molecule has 0 bridgehead atoms. The molecule has 0 saturated heterocycles. The van der Waals surface area contributed by atoms with Crippen LogP contribution in [-0.2, 0) is 5.75 Å². The second-order valence-corrected chi connectivity index (χ2v) is 7.64. The molecule has 0 radical (unpaired) electrons. The third-order valence-electron chi connectivity index (χ3n) is 3.98. The molecule has 31 heavy (non-hydrogen) atoms. The van der Waals surface area contributed by atoms with Crippen molar-refractivity contribution < 1.29 is 13.8 Å². The Balaban J connectivity index is 1.58. The van der Waals surface area contributed by atoms with Gasteiger partial charge in [-0.3, -0.25) is 4.79 Å². The minimum Gasteiger partial charge on any atom is -0.460 e. The van der Waals surface area contributed by atoms with E-state index in [2.05, 4.69) is 35.8 Å². The lowest BCUT2D eigenvalue weighted by atomic mass is 10.3. The maximum atomic E-state index is 12.7. The van der Waals surface area contributed by atoms with E-state index in [1.54, 1.807) is 24.3 Å². The van der Waals surface area contributed by atoms with Crippen LogP contribution in [0.2, 0.25) is 5.02 Å².